The van der Waals surface area contributed by atoms with E-state index >= 15 is 0 Å². The summed E-state index contributed by atoms with van der Waals surface area (Å²) in [6.45, 7) is 13.3. The second-order valence-corrected chi connectivity index (χ2v) is 8.35. The zero-order chi connectivity index (χ0) is 19.3. The second-order valence-electron chi connectivity index (χ2n) is 8.35. The standard InChI is InChI=1S/C19H32BNO4/c1-17(2,3)24-16(22)21-13-12-14-8-10-15(11-9-14)20-25-19(6,7)18(4,5)23/h8-11,20,23H,12-13H2,1-7H3,(H,21,22). The highest BCUT2D eigenvalue weighted by atomic mass is 16.6. The first-order valence-corrected chi connectivity index (χ1v) is 8.71. The van der Waals surface area contributed by atoms with Crippen molar-refractivity contribution in [1.82, 2.24) is 5.32 Å². The van der Waals surface area contributed by atoms with Crippen LogP contribution >= 0.6 is 0 Å². The Morgan fingerprint density at radius 2 is 1.64 bits per heavy atom. The summed E-state index contributed by atoms with van der Waals surface area (Å²) in [5.41, 5.74) is 0.133. The van der Waals surface area contributed by atoms with Crippen LogP contribution in [0.5, 0.6) is 0 Å². The number of carbonyl (C=O) groups is 1. The van der Waals surface area contributed by atoms with Gasteiger partial charge in [0.05, 0.1) is 11.2 Å². The Hall–Kier alpha value is -1.53. The van der Waals surface area contributed by atoms with Crippen molar-refractivity contribution in [2.75, 3.05) is 6.54 Å². The van der Waals surface area contributed by atoms with Gasteiger partial charge in [0.15, 0.2) is 0 Å². The predicted octanol–water partition coefficient (Wildman–Crippen LogP) is 2.30. The van der Waals surface area contributed by atoms with Gasteiger partial charge in [-0.15, -0.1) is 0 Å². The van der Waals surface area contributed by atoms with Gasteiger partial charge >= 0.3 is 13.6 Å². The summed E-state index contributed by atoms with van der Waals surface area (Å²) < 4.78 is 11.1. The van der Waals surface area contributed by atoms with Crippen molar-refractivity contribution in [3.8, 4) is 0 Å². The lowest BCUT2D eigenvalue weighted by atomic mass is 9.82. The van der Waals surface area contributed by atoms with E-state index in [0.717, 1.165) is 17.4 Å². The van der Waals surface area contributed by atoms with Crippen molar-refractivity contribution >= 4 is 19.0 Å². The summed E-state index contributed by atoms with van der Waals surface area (Å²) in [7, 11) is 0.438. The van der Waals surface area contributed by atoms with Crippen molar-refractivity contribution < 1.29 is 19.3 Å². The van der Waals surface area contributed by atoms with Crippen LogP contribution in [0.15, 0.2) is 24.3 Å². The molecule has 1 aromatic carbocycles. The van der Waals surface area contributed by atoms with Gasteiger partial charge in [0, 0.05) is 6.54 Å². The number of hydrogen-bond acceptors (Lipinski definition) is 4. The molecule has 0 fully saturated rings. The van der Waals surface area contributed by atoms with E-state index in [9.17, 15) is 9.90 Å². The highest BCUT2D eigenvalue weighted by Gasteiger charge is 2.35. The second kappa shape index (κ2) is 8.24. The van der Waals surface area contributed by atoms with E-state index in [1.54, 1.807) is 13.8 Å². The lowest BCUT2D eigenvalue weighted by Gasteiger charge is -2.37. The summed E-state index contributed by atoms with van der Waals surface area (Å²) >= 11 is 0. The molecule has 0 atom stereocenters. The molecule has 1 aromatic rings. The van der Waals surface area contributed by atoms with Gasteiger partial charge < -0.3 is 19.8 Å². The van der Waals surface area contributed by atoms with Crippen LogP contribution in [0.4, 0.5) is 4.79 Å². The highest BCUT2D eigenvalue weighted by molar-refractivity contribution is 6.47. The molecule has 1 amide bonds. The average Bonchev–Trinajstić information content (AvgIpc) is 2.43. The van der Waals surface area contributed by atoms with Crippen molar-refractivity contribution in [1.29, 1.82) is 0 Å². The minimum Gasteiger partial charge on any atom is -0.444 e. The Morgan fingerprint density at radius 3 is 2.12 bits per heavy atom. The smallest absolute Gasteiger partial charge is 0.407 e. The minimum atomic E-state index is -0.916. The maximum Gasteiger partial charge on any atom is 0.407 e. The van der Waals surface area contributed by atoms with E-state index in [1.165, 1.54) is 0 Å². The molecule has 6 heteroatoms. The molecule has 0 spiro atoms. The molecule has 0 radical (unpaired) electrons. The summed E-state index contributed by atoms with van der Waals surface area (Å²) in [6, 6.07) is 8.05. The zero-order valence-electron chi connectivity index (χ0n) is 16.6. The predicted molar refractivity (Wildman–Crippen MR) is 103 cm³/mol. The van der Waals surface area contributed by atoms with Crippen LogP contribution in [-0.2, 0) is 15.8 Å². The molecule has 0 aliphatic heterocycles. The van der Waals surface area contributed by atoms with E-state index in [-0.39, 0.29) is 0 Å². The topological polar surface area (TPSA) is 67.8 Å². The van der Waals surface area contributed by atoms with Crippen LogP contribution in [0.2, 0.25) is 0 Å². The molecule has 0 saturated carbocycles. The fourth-order valence-electron chi connectivity index (χ4n) is 1.87. The molecule has 5 nitrogen and oxygen atoms in total. The number of alkyl carbamates (subject to hydrolysis) is 1. The number of ether oxygens (including phenoxy) is 1. The van der Waals surface area contributed by atoms with Gasteiger partial charge in [-0.2, -0.15) is 0 Å². The summed E-state index contributed by atoms with van der Waals surface area (Å²) in [5, 5.41) is 12.9. The molecule has 0 bridgehead atoms. The molecule has 0 heterocycles. The fourth-order valence-corrected chi connectivity index (χ4v) is 1.87. The van der Waals surface area contributed by atoms with Crippen LogP contribution in [-0.4, -0.2) is 42.0 Å². The third-order valence-corrected chi connectivity index (χ3v) is 4.18. The molecule has 25 heavy (non-hydrogen) atoms. The van der Waals surface area contributed by atoms with Gasteiger partial charge in [0.2, 0.25) is 0 Å². The van der Waals surface area contributed by atoms with Gasteiger partial charge in [0.25, 0.3) is 0 Å². The van der Waals surface area contributed by atoms with Gasteiger partial charge in [-0.3, -0.25) is 0 Å². The fraction of sp³-hybridized carbons (Fsp3) is 0.632. The molecule has 0 aliphatic rings. The molecular weight excluding hydrogens is 317 g/mol. The SMILES string of the molecule is CC(C)(C)OC(=O)NCCc1ccc(BOC(C)(C)C(C)(C)O)cc1. The van der Waals surface area contributed by atoms with Crippen molar-refractivity contribution in [3.63, 3.8) is 0 Å². The molecule has 2 N–H and O–H groups in total. The first-order chi connectivity index (χ1) is 11.3. The third kappa shape index (κ3) is 7.93. The van der Waals surface area contributed by atoms with E-state index in [2.05, 4.69) is 5.32 Å². The summed E-state index contributed by atoms with van der Waals surface area (Å²) in [5.74, 6) is 0. The molecular formula is C19H32BNO4. The maximum atomic E-state index is 11.6. The largest absolute Gasteiger partial charge is 0.444 e. The van der Waals surface area contributed by atoms with Gasteiger partial charge in [-0.1, -0.05) is 29.7 Å². The van der Waals surface area contributed by atoms with Crippen LogP contribution < -0.4 is 10.8 Å². The monoisotopic (exact) mass is 349 g/mol. The van der Waals surface area contributed by atoms with Crippen LogP contribution in [0, 0.1) is 0 Å². The molecule has 1 rings (SSSR count). The van der Waals surface area contributed by atoms with Crippen LogP contribution in [0.25, 0.3) is 0 Å². The molecule has 0 aromatic heterocycles. The number of amides is 1. The van der Waals surface area contributed by atoms with Crippen LogP contribution in [0.3, 0.4) is 0 Å². The Kier molecular flexibility index (Phi) is 7.09. The quantitative estimate of drug-likeness (QED) is 0.742. The molecule has 0 aliphatic carbocycles. The third-order valence-electron chi connectivity index (χ3n) is 4.18. The Balaban J connectivity index is 2.43. The zero-order valence-corrected chi connectivity index (χ0v) is 16.6. The van der Waals surface area contributed by atoms with E-state index < -0.39 is 22.9 Å². The average molecular weight is 349 g/mol. The van der Waals surface area contributed by atoms with Gasteiger partial charge in [0.1, 0.15) is 5.60 Å². The number of aliphatic hydroxyl groups is 1. The van der Waals surface area contributed by atoms with E-state index in [4.69, 9.17) is 9.39 Å². The minimum absolute atomic E-state index is 0.397. The van der Waals surface area contributed by atoms with Crippen LogP contribution in [0.1, 0.15) is 54.0 Å². The molecule has 140 valence electrons. The number of nitrogens with one attached hydrogen (secondary N) is 1. The normalized spacial score (nSPS) is 12.6. The highest BCUT2D eigenvalue weighted by Crippen LogP contribution is 2.24. The van der Waals surface area contributed by atoms with Crippen molar-refractivity contribution in [2.45, 2.75) is 71.7 Å². The van der Waals surface area contributed by atoms with E-state index in [1.807, 2.05) is 58.9 Å². The number of carbonyl (C=O) groups excluding carboxylic acids is 1. The van der Waals surface area contributed by atoms with Gasteiger partial charge in [-0.05, 0) is 60.5 Å². The molecule has 0 unspecified atom stereocenters. The number of benzene rings is 1. The first kappa shape index (κ1) is 21.5. The molecule has 0 saturated heterocycles. The Bertz CT molecular complexity index is 556. The Morgan fingerprint density at radius 1 is 1.08 bits per heavy atom. The van der Waals surface area contributed by atoms with Gasteiger partial charge in [-0.25, -0.2) is 4.79 Å². The van der Waals surface area contributed by atoms with Crippen molar-refractivity contribution in [2.24, 2.45) is 0 Å². The summed E-state index contributed by atoms with van der Waals surface area (Å²) in [6.07, 6.45) is 0.335. The first-order valence-electron chi connectivity index (χ1n) is 8.71. The van der Waals surface area contributed by atoms with E-state index in [0.29, 0.717) is 14.0 Å². The summed E-state index contributed by atoms with van der Waals surface area (Å²) in [4.78, 5) is 11.6. The number of hydrogen-bond donors (Lipinski definition) is 2. The lowest BCUT2D eigenvalue weighted by Crippen LogP contribution is -2.49. The maximum absolute atomic E-state index is 11.6. The number of rotatable bonds is 7. The Labute approximate surface area is 152 Å². The van der Waals surface area contributed by atoms with Crippen molar-refractivity contribution in [3.05, 3.63) is 29.8 Å². The lowest BCUT2D eigenvalue weighted by molar-refractivity contribution is -0.0893.